The lowest BCUT2D eigenvalue weighted by Gasteiger charge is -2.23. The van der Waals surface area contributed by atoms with Crippen molar-refractivity contribution in [2.45, 2.75) is 52.5 Å². The zero-order chi connectivity index (χ0) is 18.9. The van der Waals surface area contributed by atoms with Crippen molar-refractivity contribution in [3.8, 4) is 0 Å². The molecule has 144 valence electrons. The molecular formula is C20H31N3O3. The Morgan fingerprint density at radius 2 is 1.69 bits per heavy atom. The molecular weight excluding hydrogens is 330 g/mol. The van der Waals surface area contributed by atoms with Crippen LogP contribution in [0.2, 0.25) is 0 Å². The van der Waals surface area contributed by atoms with Crippen LogP contribution < -0.4 is 15.5 Å². The highest BCUT2D eigenvalue weighted by atomic mass is 16.5. The molecule has 1 aromatic carbocycles. The number of carbonyl (C=O) groups excluding carboxylic acids is 2. The molecule has 1 aromatic rings. The number of hydrogen-bond donors (Lipinski definition) is 2. The molecule has 0 spiro atoms. The summed E-state index contributed by atoms with van der Waals surface area (Å²) < 4.78 is 4.88. The molecule has 2 rings (SSSR count). The molecule has 1 unspecified atom stereocenters. The van der Waals surface area contributed by atoms with Crippen LogP contribution in [0.15, 0.2) is 24.3 Å². The normalized spacial score (nSPS) is 15.9. The summed E-state index contributed by atoms with van der Waals surface area (Å²) in [6.45, 7) is 7.96. The summed E-state index contributed by atoms with van der Waals surface area (Å²) in [7, 11) is 0. The minimum atomic E-state index is -0.640. The van der Waals surface area contributed by atoms with E-state index in [1.165, 1.54) is 31.4 Å². The Morgan fingerprint density at radius 1 is 1.08 bits per heavy atom. The maximum atomic E-state index is 12.5. The number of hydrogen-bond acceptors (Lipinski definition) is 4. The monoisotopic (exact) mass is 361 g/mol. The summed E-state index contributed by atoms with van der Waals surface area (Å²) in [5, 5.41) is 5.51. The van der Waals surface area contributed by atoms with Crippen LogP contribution in [-0.4, -0.2) is 37.7 Å². The molecule has 2 N–H and O–H groups in total. The molecule has 0 aliphatic carbocycles. The average molecular weight is 361 g/mol. The van der Waals surface area contributed by atoms with Gasteiger partial charge in [-0.2, -0.15) is 0 Å². The van der Waals surface area contributed by atoms with Crippen molar-refractivity contribution in [3.05, 3.63) is 24.3 Å². The van der Waals surface area contributed by atoms with E-state index in [1.807, 2.05) is 38.1 Å². The van der Waals surface area contributed by atoms with Crippen molar-refractivity contribution in [2.75, 3.05) is 29.9 Å². The molecule has 1 atom stereocenters. The maximum Gasteiger partial charge on any atom is 0.407 e. The molecule has 26 heavy (non-hydrogen) atoms. The Labute approximate surface area is 156 Å². The minimum Gasteiger partial charge on any atom is -0.450 e. The third-order valence-corrected chi connectivity index (χ3v) is 4.60. The van der Waals surface area contributed by atoms with Gasteiger partial charge >= 0.3 is 6.09 Å². The Balaban J connectivity index is 1.97. The summed E-state index contributed by atoms with van der Waals surface area (Å²) in [5.74, 6) is -0.286. The second kappa shape index (κ2) is 10.0. The van der Waals surface area contributed by atoms with Crippen molar-refractivity contribution in [3.63, 3.8) is 0 Å². The van der Waals surface area contributed by atoms with Crippen molar-refractivity contribution in [1.29, 1.82) is 0 Å². The van der Waals surface area contributed by atoms with Crippen LogP contribution in [-0.2, 0) is 9.53 Å². The van der Waals surface area contributed by atoms with Crippen LogP contribution in [0.3, 0.4) is 0 Å². The van der Waals surface area contributed by atoms with Crippen molar-refractivity contribution >= 4 is 23.4 Å². The fourth-order valence-corrected chi connectivity index (χ4v) is 3.14. The van der Waals surface area contributed by atoms with Crippen molar-refractivity contribution in [1.82, 2.24) is 5.32 Å². The van der Waals surface area contributed by atoms with Crippen LogP contribution >= 0.6 is 0 Å². The average Bonchev–Trinajstić information content (AvgIpc) is 2.89. The number of rotatable bonds is 6. The Kier molecular flexibility index (Phi) is 7.75. The number of nitrogens with zero attached hydrogens (tertiary/aromatic N) is 1. The van der Waals surface area contributed by atoms with Crippen LogP contribution in [0, 0.1) is 5.92 Å². The second-order valence-electron chi connectivity index (χ2n) is 7.02. The highest BCUT2D eigenvalue weighted by molar-refractivity contribution is 5.96. The SMILES string of the molecule is CCOC(=O)NC(C(=O)Nc1ccc(N2CCCCCC2)cc1)C(C)C. The van der Waals surface area contributed by atoms with Gasteiger partial charge in [0.2, 0.25) is 5.91 Å². The van der Waals surface area contributed by atoms with E-state index >= 15 is 0 Å². The second-order valence-corrected chi connectivity index (χ2v) is 7.02. The third kappa shape index (κ3) is 5.93. The Bertz CT molecular complexity index is 578. The lowest BCUT2D eigenvalue weighted by atomic mass is 10.0. The van der Waals surface area contributed by atoms with E-state index in [9.17, 15) is 9.59 Å². The smallest absolute Gasteiger partial charge is 0.407 e. The Morgan fingerprint density at radius 3 is 2.23 bits per heavy atom. The van der Waals surface area contributed by atoms with E-state index in [1.54, 1.807) is 6.92 Å². The summed E-state index contributed by atoms with van der Waals surface area (Å²) in [5.41, 5.74) is 1.92. The van der Waals surface area contributed by atoms with Gasteiger partial charge in [-0.1, -0.05) is 26.7 Å². The maximum absolute atomic E-state index is 12.5. The van der Waals surface area contributed by atoms with E-state index in [0.717, 1.165) is 18.8 Å². The number of anilines is 2. The first-order valence-electron chi connectivity index (χ1n) is 9.60. The number of amides is 2. The van der Waals surface area contributed by atoms with Crippen LogP contribution in [0.5, 0.6) is 0 Å². The summed E-state index contributed by atoms with van der Waals surface area (Å²) in [6.07, 6.45) is 4.49. The minimum absolute atomic E-state index is 0.0456. The summed E-state index contributed by atoms with van der Waals surface area (Å²) in [4.78, 5) is 26.6. The molecule has 1 fully saturated rings. The fraction of sp³-hybridized carbons (Fsp3) is 0.600. The van der Waals surface area contributed by atoms with Crippen molar-refractivity contribution < 1.29 is 14.3 Å². The van der Waals surface area contributed by atoms with Crippen molar-refractivity contribution in [2.24, 2.45) is 5.92 Å². The largest absolute Gasteiger partial charge is 0.450 e. The summed E-state index contributed by atoms with van der Waals surface area (Å²) >= 11 is 0. The lowest BCUT2D eigenvalue weighted by molar-refractivity contribution is -0.119. The van der Waals surface area contributed by atoms with Gasteiger partial charge in [0, 0.05) is 24.5 Å². The van der Waals surface area contributed by atoms with Crippen LogP contribution in [0.1, 0.15) is 46.5 Å². The first kappa shape index (κ1) is 20.1. The summed E-state index contributed by atoms with van der Waals surface area (Å²) in [6, 6.07) is 7.29. The molecule has 6 heteroatoms. The van der Waals surface area contributed by atoms with E-state index in [4.69, 9.17) is 4.74 Å². The zero-order valence-corrected chi connectivity index (χ0v) is 16.1. The molecule has 1 aliphatic heterocycles. The molecule has 1 saturated heterocycles. The van der Waals surface area contributed by atoms with Gasteiger partial charge in [0.05, 0.1) is 6.61 Å². The molecule has 0 saturated carbocycles. The predicted molar refractivity (Wildman–Crippen MR) is 105 cm³/mol. The van der Waals surface area contributed by atoms with E-state index < -0.39 is 12.1 Å². The molecule has 1 aliphatic rings. The van der Waals surface area contributed by atoms with E-state index in [2.05, 4.69) is 15.5 Å². The van der Waals surface area contributed by atoms with Gasteiger partial charge in [0.25, 0.3) is 0 Å². The third-order valence-electron chi connectivity index (χ3n) is 4.60. The van der Waals surface area contributed by atoms with Gasteiger partial charge in [-0.15, -0.1) is 0 Å². The van der Waals surface area contributed by atoms with E-state index in [0.29, 0.717) is 0 Å². The Hall–Kier alpha value is -2.24. The highest BCUT2D eigenvalue weighted by Crippen LogP contribution is 2.22. The molecule has 6 nitrogen and oxygen atoms in total. The van der Waals surface area contributed by atoms with Gasteiger partial charge in [-0.25, -0.2) is 4.79 Å². The highest BCUT2D eigenvalue weighted by Gasteiger charge is 2.24. The standard InChI is InChI=1S/C20H31N3O3/c1-4-26-20(25)22-18(15(2)3)19(24)21-16-9-11-17(12-10-16)23-13-7-5-6-8-14-23/h9-12,15,18H,4-8,13-14H2,1-3H3,(H,21,24)(H,22,25). The quantitative estimate of drug-likeness (QED) is 0.809. The number of nitrogens with one attached hydrogen (secondary N) is 2. The van der Waals surface area contributed by atoms with E-state index in [-0.39, 0.29) is 18.4 Å². The van der Waals surface area contributed by atoms with Crippen LogP contribution in [0.4, 0.5) is 16.2 Å². The van der Waals surface area contributed by atoms with Gasteiger partial charge in [-0.3, -0.25) is 4.79 Å². The number of alkyl carbamates (subject to hydrolysis) is 1. The molecule has 0 radical (unpaired) electrons. The molecule has 0 aromatic heterocycles. The van der Waals surface area contributed by atoms with Gasteiger partial charge in [0.1, 0.15) is 6.04 Å². The fourth-order valence-electron chi connectivity index (χ4n) is 3.14. The first-order chi connectivity index (χ1) is 12.5. The molecule has 0 bridgehead atoms. The van der Waals surface area contributed by atoms with Gasteiger partial charge < -0.3 is 20.3 Å². The van der Waals surface area contributed by atoms with Crippen LogP contribution in [0.25, 0.3) is 0 Å². The van der Waals surface area contributed by atoms with Gasteiger partial charge in [-0.05, 0) is 49.9 Å². The molecule has 1 heterocycles. The van der Waals surface area contributed by atoms with Gasteiger partial charge in [0.15, 0.2) is 0 Å². The topological polar surface area (TPSA) is 70.7 Å². The zero-order valence-electron chi connectivity index (χ0n) is 16.1. The first-order valence-corrected chi connectivity index (χ1v) is 9.60. The number of carbonyl (C=O) groups is 2. The lowest BCUT2D eigenvalue weighted by Crippen LogP contribution is -2.47. The molecule has 2 amide bonds. The number of benzene rings is 1. The number of ether oxygens (including phenoxy) is 1. The predicted octanol–water partition coefficient (Wildman–Crippen LogP) is 3.78.